The number of hydrogen-bond acceptors (Lipinski definition) is 5. The van der Waals surface area contributed by atoms with Gasteiger partial charge in [0, 0.05) is 19.3 Å². The highest BCUT2D eigenvalue weighted by Crippen LogP contribution is 2.39. The maximum Gasteiger partial charge on any atom is 0.471 e. The first-order valence-corrected chi connectivity index (χ1v) is 9.93. The number of fused-ring (bicyclic) bond motifs is 3. The van der Waals surface area contributed by atoms with Crippen LogP contribution in [0.1, 0.15) is 34.9 Å². The Hall–Kier alpha value is -3.50. The number of alkyl halides is 3. The summed E-state index contributed by atoms with van der Waals surface area (Å²) in [5.41, 5.74) is 0.132. The van der Waals surface area contributed by atoms with E-state index in [-0.39, 0.29) is 17.9 Å². The van der Waals surface area contributed by atoms with Gasteiger partial charge in [-0.2, -0.15) is 13.2 Å². The van der Waals surface area contributed by atoms with E-state index in [1.807, 2.05) is 0 Å². The summed E-state index contributed by atoms with van der Waals surface area (Å²) in [5, 5.41) is 3.84. The molecule has 170 valence electrons. The summed E-state index contributed by atoms with van der Waals surface area (Å²) in [6.07, 6.45) is -3.61. The van der Waals surface area contributed by atoms with Crippen LogP contribution in [0.15, 0.2) is 47.4 Å². The number of methoxy groups -OCH3 is 1. The largest absolute Gasteiger partial charge is 0.491 e. The molecular formula is C21H21F3N4O4. The lowest BCUT2D eigenvalue weighted by Gasteiger charge is -2.54. The SMILES string of the molecule is COc1c2n(ccc1=O)N1[C@H](c3ccccc3)[C@@H](NC(=O)C(F)(F)F)CC[C@H]1N(C)C2=O. The lowest BCUT2D eigenvalue weighted by molar-refractivity contribution is -0.174. The Labute approximate surface area is 181 Å². The smallest absolute Gasteiger partial charge is 0.471 e. The molecule has 1 fully saturated rings. The number of hydrogen-bond donors (Lipinski definition) is 1. The molecule has 2 aliphatic rings. The zero-order valence-electron chi connectivity index (χ0n) is 17.3. The van der Waals surface area contributed by atoms with Crippen molar-refractivity contribution in [3.63, 3.8) is 0 Å². The van der Waals surface area contributed by atoms with Crippen molar-refractivity contribution in [3.05, 3.63) is 64.1 Å². The second-order valence-corrected chi connectivity index (χ2v) is 7.69. The fraction of sp³-hybridized carbons (Fsp3) is 0.381. The number of carbonyl (C=O) groups excluding carboxylic acids is 2. The van der Waals surface area contributed by atoms with Crippen molar-refractivity contribution >= 4 is 11.8 Å². The predicted octanol–water partition coefficient (Wildman–Crippen LogP) is 1.79. The quantitative estimate of drug-likeness (QED) is 0.771. The van der Waals surface area contributed by atoms with Crippen molar-refractivity contribution in [1.29, 1.82) is 0 Å². The minimum Gasteiger partial charge on any atom is -0.491 e. The van der Waals surface area contributed by atoms with Crippen LogP contribution >= 0.6 is 0 Å². The third-order valence-corrected chi connectivity index (χ3v) is 5.88. The predicted molar refractivity (Wildman–Crippen MR) is 108 cm³/mol. The molecule has 0 radical (unpaired) electrons. The molecule has 0 spiro atoms. The number of benzene rings is 1. The molecule has 1 aromatic heterocycles. The van der Waals surface area contributed by atoms with Crippen molar-refractivity contribution in [3.8, 4) is 5.75 Å². The van der Waals surface area contributed by atoms with E-state index in [2.05, 4.69) is 5.32 Å². The lowest BCUT2D eigenvalue weighted by atomic mass is 9.89. The van der Waals surface area contributed by atoms with E-state index < -0.39 is 41.7 Å². The summed E-state index contributed by atoms with van der Waals surface area (Å²) in [6, 6.07) is 8.34. The molecule has 2 aromatic rings. The standard InChI is InChI=1S/C21H21F3N4O4/c1-26-15-9-8-13(25-20(31)21(22,23)24)16(12-6-4-3-5-7-12)28(15)27-11-10-14(29)18(32-2)17(27)19(26)30/h3-7,10-11,13,15-16H,8-9H2,1-2H3,(H,25,31)/t13-,15-,16+/m0/s1. The van der Waals surface area contributed by atoms with Crippen LogP contribution in [0, 0.1) is 0 Å². The van der Waals surface area contributed by atoms with Gasteiger partial charge in [0.2, 0.25) is 5.43 Å². The molecule has 2 amide bonds. The number of nitrogens with one attached hydrogen (secondary N) is 1. The number of nitrogens with zero attached hydrogens (tertiary/aromatic N) is 3. The minimum atomic E-state index is -5.03. The van der Waals surface area contributed by atoms with Crippen LogP contribution in [0.25, 0.3) is 0 Å². The first-order chi connectivity index (χ1) is 15.1. The average molecular weight is 450 g/mol. The van der Waals surface area contributed by atoms with Crippen LogP contribution < -0.4 is 20.5 Å². The van der Waals surface area contributed by atoms with E-state index in [4.69, 9.17) is 4.74 Å². The van der Waals surface area contributed by atoms with E-state index in [1.54, 1.807) is 42.4 Å². The van der Waals surface area contributed by atoms with Crippen molar-refractivity contribution in [2.75, 3.05) is 19.2 Å². The summed E-state index contributed by atoms with van der Waals surface area (Å²) in [7, 11) is 2.84. The van der Waals surface area contributed by atoms with Gasteiger partial charge in [-0.1, -0.05) is 30.3 Å². The van der Waals surface area contributed by atoms with Gasteiger partial charge in [-0.25, -0.2) is 0 Å². The maximum absolute atomic E-state index is 13.1. The third-order valence-electron chi connectivity index (χ3n) is 5.88. The highest BCUT2D eigenvalue weighted by molar-refractivity contribution is 5.96. The van der Waals surface area contributed by atoms with Crippen molar-refractivity contribution in [2.24, 2.45) is 0 Å². The monoisotopic (exact) mass is 450 g/mol. The molecule has 1 aromatic carbocycles. The first kappa shape index (κ1) is 21.7. The summed E-state index contributed by atoms with van der Waals surface area (Å²) >= 11 is 0. The van der Waals surface area contributed by atoms with E-state index in [1.165, 1.54) is 28.9 Å². The average Bonchev–Trinajstić information content (AvgIpc) is 2.76. The number of piperidine rings is 1. The van der Waals surface area contributed by atoms with Crippen LogP contribution in [0.5, 0.6) is 5.75 Å². The highest BCUT2D eigenvalue weighted by atomic mass is 19.4. The fourth-order valence-electron chi connectivity index (χ4n) is 4.47. The number of carbonyl (C=O) groups is 2. The first-order valence-electron chi connectivity index (χ1n) is 9.93. The summed E-state index contributed by atoms with van der Waals surface area (Å²) in [4.78, 5) is 38.6. The Morgan fingerprint density at radius 2 is 1.81 bits per heavy atom. The fourth-order valence-corrected chi connectivity index (χ4v) is 4.47. The minimum absolute atomic E-state index is 0.0255. The summed E-state index contributed by atoms with van der Waals surface area (Å²) in [6.45, 7) is 0. The van der Waals surface area contributed by atoms with Gasteiger partial charge in [0.15, 0.2) is 11.4 Å². The second-order valence-electron chi connectivity index (χ2n) is 7.69. The van der Waals surface area contributed by atoms with Gasteiger partial charge in [0.05, 0.1) is 19.2 Å². The highest BCUT2D eigenvalue weighted by Gasteiger charge is 2.49. The zero-order chi connectivity index (χ0) is 23.2. The Morgan fingerprint density at radius 1 is 1.12 bits per heavy atom. The molecule has 0 bridgehead atoms. The number of halogens is 3. The lowest BCUT2D eigenvalue weighted by Crippen LogP contribution is -2.67. The van der Waals surface area contributed by atoms with Gasteiger partial charge < -0.3 is 15.0 Å². The van der Waals surface area contributed by atoms with Gasteiger partial charge in [0.1, 0.15) is 6.17 Å². The Balaban J connectivity index is 1.89. The molecule has 8 nitrogen and oxygen atoms in total. The van der Waals surface area contributed by atoms with Gasteiger partial charge in [-0.05, 0) is 18.4 Å². The topological polar surface area (TPSA) is 83.9 Å². The number of amides is 2. The van der Waals surface area contributed by atoms with Crippen LogP contribution in [0.4, 0.5) is 13.2 Å². The van der Waals surface area contributed by atoms with Crippen LogP contribution in [-0.4, -0.2) is 53.9 Å². The van der Waals surface area contributed by atoms with Crippen LogP contribution in [0.2, 0.25) is 0 Å². The molecule has 1 N–H and O–H groups in total. The molecule has 3 heterocycles. The molecule has 3 atom stereocenters. The number of aromatic nitrogens is 1. The molecular weight excluding hydrogens is 429 g/mol. The summed E-state index contributed by atoms with van der Waals surface area (Å²) in [5.74, 6) is -2.62. The van der Waals surface area contributed by atoms with Gasteiger partial charge in [-0.15, -0.1) is 0 Å². The molecule has 4 rings (SSSR count). The van der Waals surface area contributed by atoms with E-state index in [0.717, 1.165) is 0 Å². The molecule has 32 heavy (non-hydrogen) atoms. The second kappa shape index (κ2) is 7.88. The summed E-state index contributed by atoms with van der Waals surface area (Å²) < 4.78 is 45.7. The molecule has 11 heteroatoms. The molecule has 0 unspecified atom stereocenters. The van der Waals surface area contributed by atoms with Crippen LogP contribution in [-0.2, 0) is 4.79 Å². The van der Waals surface area contributed by atoms with Crippen LogP contribution in [0.3, 0.4) is 0 Å². The Bertz CT molecular complexity index is 1100. The number of pyridine rings is 1. The number of ether oxygens (including phenoxy) is 1. The van der Waals surface area contributed by atoms with Crippen molar-refractivity contribution in [1.82, 2.24) is 14.9 Å². The normalized spacial score (nSPS) is 22.8. The van der Waals surface area contributed by atoms with Gasteiger partial charge in [0.25, 0.3) is 5.91 Å². The number of rotatable bonds is 3. The van der Waals surface area contributed by atoms with E-state index in [0.29, 0.717) is 12.0 Å². The maximum atomic E-state index is 13.1. The van der Waals surface area contributed by atoms with E-state index in [9.17, 15) is 27.6 Å². The molecule has 0 aliphatic carbocycles. The molecule has 0 saturated carbocycles. The molecule has 2 aliphatic heterocycles. The third kappa shape index (κ3) is 3.47. The molecule has 1 saturated heterocycles. The van der Waals surface area contributed by atoms with Gasteiger partial charge >= 0.3 is 12.1 Å². The zero-order valence-corrected chi connectivity index (χ0v) is 17.3. The van der Waals surface area contributed by atoms with Gasteiger partial charge in [-0.3, -0.25) is 24.1 Å². The van der Waals surface area contributed by atoms with Crippen molar-refractivity contribution < 1.29 is 27.5 Å². The Morgan fingerprint density at radius 3 is 2.44 bits per heavy atom. The van der Waals surface area contributed by atoms with Crippen molar-refractivity contribution in [2.45, 2.75) is 37.3 Å². The van der Waals surface area contributed by atoms with E-state index >= 15 is 0 Å². The Kier molecular flexibility index (Phi) is 5.35.